The van der Waals surface area contributed by atoms with Crippen molar-refractivity contribution in [1.29, 1.82) is 0 Å². The molecule has 0 spiro atoms. The van der Waals surface area contributed by atoms with E-state index in [2.05, 4.69) is 10.5 Å². The molecule has 0 fully saturated rings. The van der Waals surface area contributed by atoms with Crippen LogP contribution in [0.4, 0.5) is 5.69 Å². The van der Waals surface area contributed by atoms with Crippen molar-refractivity contribution in [1.82, 2.24) is 15.2 Å². The second-order valence-corrected chi connectivity index (χ2v) is 6.10. The van der Waals surface area contributed by atoms with E-state index in [1.807, 2.05) is 36.4 Å². The van der Waals surface area contributed by atoms with Crippen LogP contribution in [-0.2, 0) is 0 Å². The molecule has 3 aromatic rings. The zero-order valence-electron chi connectivity index (χ0n) is 14.3. The van der Waals surface area contributed by atoms with Crippen molar-refractivity contribution < 1.29 is 4.79 Å². The number of hydrazine groups is 1. The Morgan fingerprint density at radius 1 is 1.12 bits per heavy atom. The summed E-state index contributed by atoms with van der Waals surface area (Å²) in [5.74, 6) is -0.595. The molecule has 1 amide bonds. The Morgan fingerprint density at radius 2 is 1.77 bits per heavy atom. The van der Waals surface area contributed by atoms with Gasteiger partial charge in [-0.3, -0.25) is 20.0 Å². The topological polar surface area (TPSA) is 67.2 Å². The lowest BCUT2D eigenvalue weighted by atomic mass is 10.2. The Balaban J connectivity index is 1.95. The van der Waals surface area contributed by atoms with Crippen LogP contribution in [0.25, 0.3) is 5.69 Å². The van der Waals surface area contributed by atoms with Gasteiger partial charge in [-0.2, -0.15) is 5.10 Å². The molecule has 0 atom stereocenters. The molecule has 2 aromatic carbocycles. The van der Waals surface area contributed by atoms with Gasteiger partial charge < -0.3 is 0 Å². The fourth-order valence-electron chi connectivity index (χ4n) is 2.49. The molecule has 0 saturated heterocycles. The van der Waals surface area contributed by atoms with Crippen LogP contribution < -0.4 is 15.9 Å². The molecule has 6 nitrogen and oxygen atoms in total. The number of para-hydroxylation sites is 2. The molecule has 0 unspecified atom stereocenters. The predicted molar refractivity (Wildman–Crippen MR) is 102 cm³/mol. The third-order valence-corrected chi connectivity index (χ3v) is 4.14. The van der Waals surface area contributed by atoms with Crippen LogP contribution in [0.5, 0.6) is 0 Å². The first-order chi connectivity index (χ1) is 12.5. The normalized spacial score (nSPS) is 10.4. The van der Waals surface area contributed by atoms with Crippen molar-refractivity contribution >= 4 is 23.2 Å². The first-order valence-electron chi connectivity index (χ1n) is 7.93. The highest BCUT2D eigenvalue weighted by Gasteiger charge is 2.17. The second-order valence-electron chi connectivity index (χ2n) is 5.70. The zero-order chi connectivity index (χ0) is 18.7. The Kier molecular flexibility index (Phi) is 5.04. The predicted octanol–water partition coefficient (Wildman–Crippen LogP) is 2.98. The Bertz CT molecular complexity index is 1000. The van der Waals surface area contributed by atoms with E-state index in [0.717, 1.165) is 5.69 Å². The fourth-order valence-corrected chi connectivity index (χ4v) is 2.71. The molecule has 132 valence electrons. The molecule has 3 rings (SSSR count). The number of rotatable bonds is 4. The summed E-state index contributed by atoms with van der Waals surface area (Å²) >= 11 is 6.22. The summed E-state index contributed by atoms with van der Waals surface area (Å²) in [7, 11) is 1.69. The number of carbonyl (C=O) groups excluding carboxylic acids is 1. The molecule has 0 radical (unpaired) electrons. The third-order valence-electron chi connectivity index (χ3n) is 3.82. The lowest BCUT2D eigenvalue weighted by Crippen LogP contribution is -2.42. The monoisotopic (exact) mass is 368 g/mol. The molecular weight excluding hydrogens is 352 g/mol. The minimum atomic E-state index is -0.595. The summed E-state index contributed by atoms with van der Waals surface area (Å²) in [6, 6.07) is 17.7. The van der Waals surface area contributed by atoms with Gasteiger partial charge in [0.25, 0.3) is 5.91 Å². The van der Waals surface area contributed by atoms with E-state index < -0.39 is 11.3 Å². The summed E-state index contributed by atoms with van der Waals surface area (Å²) in [6.07, 6.45) is 0. The first-order valence-corrected chi connectivity index (χ1v) is 8.31. The van der Waals surface area contributed by atoms with Crippen molar-refractivity contribution in [2.24, 2.45) is 0 Å². The molecular formula is C19H17ClN4O2. The van der Waals surface area contributed by atoms with Gasteiger partial charge in [0.1, 0.15) is 0 Å². The SMILES string of the molecule is Cc1cc(=O)c(C(=O)NN(C)c2ccccc2)nn1-c1ccccc1Cl. The van der Waals surface area contributed by atoms with Gasteiger partial charge in [0.2, 0.25) is 5.43 Å². The highest BCUT2D eigenvalue weighted by Crippen LogP contribution is 2.19. The lowest BCUT2D eigenvalue weighted by Gasteiger charge is -2.20. The van der Waals surface area contributed by atoms with Crippen LogP contribution in [0.2, 0.25) is 5.02 Å². The molecule has 0 aliphatic rings. The Morgan fingerprint density at radius 3 is 2.46 bits per heavy atom. The highest BCUT2D eigenvalue weighted by atomic mass is 35.5. The van der Waals surface area contributed by atoms with E-state index >= 15 is 0 Å². The summed E-state index contributed by atoms with van der Waals surface area (Å²) in [5.41, 5.74) is 3.94. The minimum absolute atomic E-state index is 0.210. The van der Waals surface area contributed by atoms with E-state index in [1.54, 1.807) is 32.2 Å². The number of hydrogen-bond acceptors (Lipinski definition) is 4. The van der Waals surface area contributed by atoms with Crippen molar-refractivity contribution in [3.05, 3.63) is 87.3 Å². The minimum Gasteiger partial charge on any atom is -0.288 e. The number of halogens is 1. The Hall–Kier alpha value is -3.12. The molecule has 1 aromatic heterocycles. The van der Waals surface area contributed by atoms with E-state index in [4.69, 9.17) is 11.6 Å². The molecule has 0 saturated carbocycles. The maximum absolute atomic E-state index is 12.6. The maximum Gasteiger partial charge on any atom is 0.294 e. The summed E-state index contributed by atoms with van der Waals surface area (Å²) in [6.45, 7) is 1.73. The zero-order valence-corrected chi connectivity index (χ0v) is 15.1. The van der Waals surface area contributed by atoms with E-state index in [0.29, 0.717) is 16.4 Å². The van der Waals surface area contributed by atoms with E-state index in [9.17, 15) is 9.59 Å². The average molecular weight is 369 g/mol. The van der Waals surface area contributed by atoms with E-state index in [-0.39, 0.29) is 5.69 Å². The van der Waals surface area contributed by atoms with Crippen LogP contribution >= 0.6 is 11.6 Å². The number of hydrogen-bond donors (Lipinski definition) is 1. The lowest BCUT2D eigenvalue weighted by molar-refractivity contribution is 0.0943. The number of carbonyl (C=O) groups is 1. The summed E-state index contributed by atoms with van der Waals surface area (Å²) < 4.78 is 1.49. The van der Waals surface area contributed by atoms with Crippen molar-refractivity contribution in [2.45, 2.75) is 6.92 Å². The number of nitrogens with zero attached hydrogens (tertiary/aromatic N) is 3. The fraction of sp³-hybridized carbons (Fsp3) is 0.105. The van der Waals surface area contributed by atoms with Gasteiger partial charge in [-0.05, 0) is 31.2 Å². The largest absolute Gasteiger partial charge is 0.294 e. The van der Waals surface area contributed by atoms with Crippen LogP contribution in [0.1, 0.15) is 16.2 Å². The van der Waals surface area contributed by atoms with Gasteiger partial charge in [-0.15, -0.1) is 0 Å². The van der Waals surface area contributed by atoms with Crippen molar-refractivity contribution in [3.63, 3.8) is 0 Å². The van der Waals surface area contributed by atoms with Gasteiger partial charge in [0.15, 0.2) is 5.69 Å². The van der Waals surface area contributed by atoms with Gasteiger partial charge in [-0.1, -0.05) is 41.9 Å². The number of amides is 1. The smallest absolute Gasteiger partial charge is 0.288 e. The number of aromatic nitrogens is 2. The van der Waals surface area contributed by atoms with Crippen molar-refractivity contribution in [3.8, 4) is 5.69 Å². The molecule has 1 N–H and O–H groups in total. The van der Waals surface area contributed by atoms with Crippen LogP contribution in [0, 0.1) is 6.92 Å². The molecule has 0 aliphatic heterocycles. The highest BCUT2D eigenvalue weighted by molar-refractivity contribution is 6.32. The summed E-state index contributed by atoms with van der Waals surface area (Å²) in [5, 5.41) is 6.23. The van der Waals surface area contributed by atoms with Crippen LogP contribution in [-0.4, -0.2) is 22.7 Å². The van der Waals surface area contributed by atoms with E-state index in [1.165, 1.54) is 15.8 Å². The standard InChI is InChI=1S/C19H17ClN4O2/c1-13-12-17(25)18(21-24(13)16-11-7-6-10-15(16)20)19(26)22-23(2)14-8-4-3-5-9-14/h3-12H,1-2H3,(H,22,26). The molecule has 7 heteroatoms. The number of aryl methyl sites for hydroxylation is 1. The second kappa shape index (κ2) is 7.41. The van der Waals surface area contributed by atoms with Gasteiger partial charge in [0, 0.05) is 18.8 Å². The molecule has 0 aliphatic carbocycles. The average Bonchev–Trinajstić information content (AvgIpc) is 2.63. The summed E-state index contributed by atoms with van der Waals surface area (Å²) in [4.78, 5) is 24.8. The van der Waals surface area contributed by atoms with Crippen LogP contribution in [0.3, 0.4) is 0 Å². The molecule has 26 heavy (non-hydrogen) atoms. The number of anilines is 1. The maximum atomic E-state index is 12.6. The van der Waals surface area contributed by atoms with Crippen LogP contribution in [0.15, 0.2) is 65.5 Å². The third kappa shape index (κ3) is 3.60. The van der Waals surface area contributed by atoms with Gasteiger partial charge in [-0.25, -0.2) is 4.68 Å². The molecule has 1 heterocycles. The first kappa shape index (κ1) is 17.7. The van der Waals surface area contributed by atoms with Crippen molar-refractivity contribution in [2.75, 3.05) is 12.1 Å². The number of benzene rings is 2. The molecule has 0 bridgehead atoms. The van der Waals surface area contributed by atoms with Gasteiger partial charge in [0.05, 0.1) is 16.4 Å². The Labute approximate surface area is 155 Å². The number of nitrogens with one attached hydrogen (secondary N) is 1. The quantitative estimate of drug-likeness (QED) is 0.719. The van der Waals surface area contributed by atoms with Gasteiger partial charge >= 0.3 is 0 Å².